The van der Waals surface area contributed by atoms with E-state index in [4.69, 9.17) is 16.3 Å². The SMILES string of the molecule is COc1ccc(C)cc1C(Cl)c1ccsc1. The summed E-state index contributed by atoms with van der Waals surface area (Å²) in [6.07, 6.45) is 0. The van der Waals surface area contributed by atoms with Crippen LogP contribution in [0.1, 0.15) is 22.1 Å². The smallest absolute Gasteiger partial charge is 0.123 e. The molecule has 0 N–H and O–H groups in total. The second kappa shape index (κ2) is 4.89. The Morgan fingerprint density at radius 3 is 2.75 bits per heavy atom. The minimum atomic E-state index is -0.138. The van der Waals surface area contributed by atoms with Gasteiger partial charge in [0.15, 0.2) is 0 Å². The molecule has 1 aromatic carbocycles. The average Bonchev–Trinajstić information content (AvgIpc) is 2.81. The van der Waals surface area contributed by atoms with Gasteiger partial charge in [-0.3, -0.25) is 0 Å². The van der Waals surface area contributed by atoms with Gasteiger partial charge in [0.05, 0.1) is 12.5 Å². The number of halogens is 1. The van der Waals surface area contributed by atoms with Gasteiger partial charge in [-0.25, -0.2) is 0 Å². The van der Waals surface area contributed by atoms with E-state index in [-0.39, 0.29) is 5.38 Å². The highest BCUT2D eigenvalue weighted by Crippen LogP contribution is 2.36. The van der Waals surface area contributed by atoms with E-state index < -0.39 is 0 Å². The Morgan fingerprint density at radius 2 is 2.12 bits per heavy atom. The van der Waals surface area contributed by atoms with E-state index in [0.717, 1.165) is 16.9 Å². The maximum atomic E-state index is 6.46. The van der Waals surface area contributed by atoms with Crippen LogP contribution in [0.5, 0.6) is 5.75 Å². The molecular weight excluding hydrogens is 240 g/mol. The van der Waals surface area contributed by atoms with Crippen LogP contribution in [-0.2, 0) is 0 Å². The molecule has 0 aliphatic rings. The number of alkyl halides is 1. The molecule has 0 fully saturated rings. The first-order chi connectivity index (χ1) is 7.72. The summed E-state index contributed by atoms with van der Waals surface area (Å²) in [5.41, 5.74) is 3.34. The normalized spacial score (nSPS) is 12.4. The Bertz CT molecular complexity index is 465. The van der Waals surface area contributed by atoms with E-state index >= 15 is 0 Å². The van der Waals surface area contributed by atoms with Crippen LogP contribution in [0, 0.1) is 6.92 Å². The molecule has 3 heteroatoms. The van der Waals surface area contributed by atoms with Crippen molar-refractivity contribution in [3.8, 4) is 5.75 Å². The number of aryl methyl sites for hydroxylation is 1. The van der Waals surface area contributed by atoms with Crippen molar-refractivity contribution in [1.82, 2.24) is 0 Å². The van der Waals surface area contributed by atoms with Gasteiger partial charge in [0.25, 0.3) is 0 Å². The fourth-order valence-corrected chi connectivity index (χ4v) is 2.72. The number of thiophene rings is 1. The van der Waals surface area contributed by atoms with Crippen LogP contribution in [0.4, 0.5) is 0 Å². The van der Waals surface area contributed by atoms with Gasteiger partial charge in [0.2, 0.25) is 0 Å². The summed E-state index contributed by atoms with van der Waals surface area (Å²) in [5.74, 6) is 0.844. The molecule has 1 heterocycles. The predicted octanol–water partition coefficient (Wildman–Crippen LogP) is 4.39. The quantitative estimate of drug-likeness (QED) is 0.736. The van der Waals surface area contributed by atoms with Gasteiger partial charge in [0.1, 0.15) is 5.75 Å². The largest absolute Gasteiger partial charge is 0.496 e. The van der Waals surface area contributed by atoms with E-state index in [1.807, 2.05) is 23.6 Å². The summed E-state index contributed by atoms with van der Waals surface area (Å²) in [6, 6.07) is 8.12. The molecule has 84 valence electrons. The van der Waals surface area contributed by atoms with Crippen LogP contribution in [-0.4, -0.2) is 7.11 Å². The second-order valence-electron chi connectivity index (χ2n) is 3.66. The summed E-state index contributed by atoms with van der Waals surface area (Å²) in [4.78, 5) is 0. The Balaban J connectivity index is 2.42. The third-order valence-corrected chi connectivity index (χ3v) is 3.68. The number of hydrogen-bond acceptors (Lipinski definition) is 2. The van der Waals surface area contributed by atoms with Crippen molar-refractivity contribution in [2.24, 2.45) is 0 Å². The topological polar surface area (TPSA) is 9.23 Å². The van der Waals surface area contributed by atoms with Gasteiger partial charge in [-0.1, -0.05) is 17.7 Å². The van der Waals surface area contributed by atoms with Crippen LogP contribution < -0.4 is 4.74 Å². The second-order valence-corrected chi connectivity index (χ2v) is 4.88. The standard InChI is InChI=1S/C13H13ClOS/c1-9-3-4-12(15-2)11(7-9)13(14)10-5-6-16-8-10/h3-8,13H,1-2H3. The molecule has 16 heavy (non-hydrogen) atoms. The van der Waals surface area contributed by atoms with Crippen molar-refractivity contribution in [1.29, 1.82) is 0 Å². The van der Waals surface area contributed by atoms with Crippen LogP contribution >= 0.6 is 22.9 Å². The van der Waals surface area contributed by atoms with Gasteiger partial charge in [0, 0.05) is 5.56 Å². The lowest BCUT2D eigenvalue weighted by molar-refractivity contribution is 0.410. The molecule has 1 atom stereocenters. The van der Waals surface area contributed by atoms with Crippen molar-refractivity contribution < 1.29 is 4.74 Å². The van der Waals surface area contributed by atoms with Crippen LogP contribution in [0.3, 0.4) is 0 Å². The molecule has 0 saturated carbocycles. The van der Waals surface area contributed by atoms with E-state index in [0.29, 0.717) is 0 Å². The van der Waals surface area contributed by atoms with Crippen molar-refractivity contribution in [2.75, 3.05) is 7.11 Å². The molecule has 2 rings (SSSR count). The van der Waals surface area contributed by atoms with Gasteiger partial charge in [-0.15, -0.1) is 11.6 Å². The molecule has 2 aromatic rings. The first-order valence-electron chi connectivity index (χ1n) is 5.03. The Labute approximate surface area is 105 Å². The summed E-state index contributed by atoms with van der Waals surface area (Å²) >= 11 is 8.11. The fourth-order valence-electron chi connectivity index (χ4n) is 1.65. The minimum Gasteiger partial charge on any atom is -0.496 e. The first kappa shape index (κ1) is 11.5. The van der Waals surface area contributed by atoms with E-state index in [9.17, 15) is 0 Å². The number of rotatable bonds is 3. The van der Waals surface area contributed by atoms with Crippen molar-refractivity contribution in [3.63, 3.8) is 0 Å². The molecule has 1 nitrogen and oxygen atoms in total. The van der Waals surface area contributed by atoms with Gasteiger partial charge >= 0.3 is 0 Å². The van der Waals surface area contributed by atoms with Gasteiger partial charge < -0.3 is 4.74 Å². The molecule has 1 unspecified atom stereocenters. The summed E-state index contributed by atoms with van der Waals surface area (Å²) in [6.45, 7) is 2.06. The van der Waals surface area contributed by atoms with E-state index in [2.05, 4.69) is 18.4 Å². The molecule has 0 radical (unpaired) electrons. The van der Waals surface area contributed by atoms with Gasteiger partial charge in [-0.2, -0.15) is 11.3 Å². The van der Waals surface area contributed by atoms with E-state index in [1.165, 1.54) is 5.56 Å². The molecule has 0 bridgehead atoms. The minimum absolute atomic E-state index is 0.138. The highest BCUT2D eigenvalue weighted by molar-refractivity contribution is 7.08. The van der Waals surface area contributed by atoms with Crippen LogP contribution in [0.15, 0.2) is 35.0 Å². The molecule has 0 amide bonds. The third-order valence-electron chi connectivity index (χ3n) is 2.49. The summed E-state index contributed by atoms with van der Waals surface area (Å²) in [7, 11) is 1.67. The van der Waals surface area contributed by atoms with E-state index in [1.54, 1.807) is 18.4 Å². The van der Waals surface area contributed by atoms with Crippen LogP contribution in [0.25, 0.3) is 0 Å². The van der Waals surface area contributed by atoms with Crippen LogP contribution in [0.2, 0.25) is 0 Å². The number of hydrogen-bond donors (Lipinski definition) is 0. The maximum Gasteiger partial charge on any atom is 0.123 e. The molecule has 0 aliphatic heterocycles. The molecule has 1 aromatic heterocycles. The lowest BCUT2D eigenvalue weighted by Crippen LogP contribution is -1.96. The van der Waals surface area contributed by atoms with Crippen molar-refractivity contribution in [2.45, 2.75) is 12.3 Å². The summed E-state index contributed by atoms with van der Waals surface area (Å²) < 4.78 is 5.34. The molecule has 0 spiro atoms. The number of ether oxygens (including phenoxy) is 1. The van der Waals surface area contributed by atoms with Crippen molar-refractivity contribution in [3.05, 3.63) is 51.7 Å². The lowest BCUT2D eigenvalue weighted by atomic mass is 10.0. The Kier molecular flexibility index (Phi) is 3.52. The number of benzene rings is 1. The highest BCUT2D eigenvalue weighted by atomic mass is 35.5. The lowest BCUT2D eigenvalue weighted by Gasteiger charge is -2.13. The zero-order valence-electron chi connectivity index (χ0n) is 9.24. The molecular formula is C13H13ClOS. The van der Waals surface area contributed by atoms with Gasteiger partial charge in [-0.05, 0) is 35.4 Å². The molecule has 0 aliphatic carbocycles. The highest BCUT2D eigenvalue weighted by Gasteiger charge is 2.15. The predicted molar refractivity (Wildman–Crippen MR) is 69.7 cm³/mol. The first-order valence-corrected chi connectivity index (χ1v) is 6.41. The zero-order chi connectivity index (χ0) is 11.5. The van der Waals surface area contributed by atoms with Crippen molar-refractivity contribution >= 4 is 22.9 Å². The third kappa shape index (κ3) is 2.23. The maximum absolute atomic E-state index is 6.46. The number of methoxy groups -OCH3 is 1. The monoisotopic (exact) mass is 252 g/mol. The fraction of sp³-hybridized carbons (Fsp3) is 0.231. The Morgan fingerprint density at radius 1 is 1.31 bits per heavy atom. The Hall–Kier alpha value is -0.990. The summed E-state index contributed by atoms with van der Waals surface area (Å²) in [5, 5.41) is 3.97. The molecule has 0 saturated heterocycles. The average molecular weight is 253 g/mol. The zero-order valence-corrected chi connectivity index (χ0v) is 10.8.